The fourth-order valence-electron chi connectivity index (χ4n) is 1.16. The van der Waals surface area contributed by atoms with Gasteiger partial charge in [0.2, 0.25) is 0 Å². The molecule has 0 spiro atoms. The van der Waals surface area contributed by atoms with E-state index >= 15 is 0 Å². The molecule has 0 atom stereocenters. The van der Waals surface area contributed by atoms with E-state index in [0.717, 1.165) is 0 Å². The molecule has 0 aromatic heterocycles. The van der Waals surface area contributed by atoms with E-state index in [4.69, 9.17) is 9.94 Å². The van der Waals surface area contributed by atoms with Crippen LogP contribution in [0.1, 0.15) is 5.56 Å². The Morgan fingerprint density at radius 1 is 1.50 bits per heavy atom. The molecule has 1 N–H and O–H groups in total. The summed E-state index contributed by atoms with van der Waals surface area (Å²) < 4.78 is 17.8. The molecule has 1 aromatic rings. The van der Waals surface area contributed by atoms with Crippen LogP contribution in [0.2, 0.25) is 0 Å². The highest BCUT2D eigenvalue weighted by atomic mass is 19.1. The van der Waals surface area contributed by atoms with Crippen molar-refractivity contribution >= 4 is 5.71 Å². The summed E-state index contributed by atoms with van der Waals surface area (Å²) in [6.07, 6.45) is 0. The van der Waals surface area contributed by atoms with Gasteiger partial charge in [0, 0.05) is 5.56 Å². The van der Waals surface area contributed by atoms with Gasteiger partial charge in [0.25, 0.3) is 0 Å². The Morgan fingerprint density at radius 3 is 3.08 bits per heavy atom. The van der Waals surface area contributed by atoms with E-state index in [2.05, 4.69) is 5.16 Å². The van der Waals surface area contributed by atoms with Crippen molar-refractivity contribution in [1.82, 2.24) is 0 Å². The molecule has 4 heteroatoms. The van der Waals surface area contributed by atoms with E-state index in [1.807, 2.05) is 0 Å². The van der Waals surface area contributed by atoms with Crippen molar-refractivity contribution in [3.8, 4) is 5.75 Å². The number of hydrogen-bond acceptors (Lipinski definition) is 3. The lowest BCUT2D eigenvalue weighted by molar-refractivity contribution is 0.313. The molecule has 12 heavy (non-hydrogen) atoms. The lowest BCUT2D eigenvalue weighted by atomic mass is 10.1. The summed E-state index contributed by atoms with van der Waals surface area (Å²) in [5.74, 6) is 0.199. The lowest BCUT2D eigenvalue weighted by Crippen LogP contribution is -2.01. The SMILES string of the molecule is O/N=C1\COc2ccc(F)cc21. The van der Waals surface area contributed by atoms with Crippen LogP contribution in [0, 0.1) is 5.82 Å². The average molecular weight is 167 g/mol. The molecule has 0 radical (unpaired) electrons. The maximum absolute atomic E-state index is 12.7. The van der Waals surface area contributed by atoms with Gasteiger partial charge in [-0.3, -0.25) is 0 Å². The molecule has 1 aromatic carbocycles. The van der Waals surface area contributed by atoms with Crippen molar-refractivity contribution in [2.24, 2.45) is 5.16 Å². The third kappa shape index (κ3) is 0.922. The highest BCUT2D eigenvalue weighted by molar-refractivity contribution is 6.05. The Hall–Kier alpha value is -1.58. The molecule has 0 saturated heterocycles. The first-order chi connectivity index (χ1) is 5.81. The first-order valence-electron chi connectivity index (χ1n) is 3.45. The number of hydrogen-bond donors (Lipinski definition) is 1. The van der Waals surface area contributed by atoms with Crippen LogP contribution in [-0.4, -0.2) is 17.5 Å². The Balaban J connectivity index is 2.57. The monoisotopic (exact) mass is 167 g/mol. The number of benzene rings is 1. The van der Waals surface area contributed by atoms with Crippen molar-refractivity contribution in [3.05, 3.63) is 29.6 Å². The maximum atomic E-state index is 12.7. The average Bonchev–Trinajstić information content (AvgIpc) is 2.46. The number of oxime groups is 1. The predicted octanol–water partition coefficient (Wildman–Crippen LogP) is 1.40. The van der Waals surface area contributed by atoms with Crippen LogP contribution < -0.4 is 4.74 Å². The summed E-state index contributed by atoms with van der Waals surface area (Å²) in [6, 6.07) is 4.11. The quantitative estimate of drug-likeness (QED) is 0.468. The summed E-state index contributed by atoms with van der Waals surface area (Å²) in [6.45, 7) is 0.204. The molecule has 1 aliphatic heterocycles. The summed E-state index contributed by atoms with van der Waals surface area (Å²) in [4.78, 5) is 0. The second kappa shape index (κ2) is 2.48. The Labute approximate surface area is 68.1 Å². The van der Waals surface area contributed by atoms with E-state index in [1.54, 1.807) is 0 Å². The molecule has 3 nitrogen and oxygen atoms in total. The second-order valence-electron chi connectivity index (χ2n) is 2.48. The van der Waals surface area contributed by atoms with E-state index in [-0.39, 0.29) is 12.4 Å². The van der Waals surface area contributed by atoms with Crippen LogP contribution in [0.4, 0.5) is 4.39 Å². The zero-order valence-electron chi connectivity index (χ0n) is 6.12. The van der Waals surface area contributed by atoms with Gasteiger partial charge in [-0.05, 0) is 18.2 Å². The normalized spacial score (nSPS) is 17.6. The Morgan fingerprint density at radius 2 is 2.33 bits per heavy atom. The molecule has 0 fully saturated rings. The van der Waals surface area contributed by atoms with Gasteiger partial charge in [-0.25, -0.2) is 4.39 Å². The molecule has 1 heterocycles. The summed E-state index contributed by atoms with van der Waals surface area (Å²) in [5.41, 5.74) is 0.891. The summed E-state index contributed by atoms with van der Waals surface area (Å²) in [7, 11) is 0. The first-order valence-corrected chi connectivity index (χ1v) is 3.45. The number of halogens is 1. The minimum absolute atomic E-state index is 0.204. The van der Waals surface area contributed by atoms with Gasteiger partial charge in [0.05, 0.1) is 0 Å². The molecule has 0 bridgehead atoms. The van der Waals surface area contributed by atoms with Crippen molar-refractivity contribution in [2.75, 3.05) is 6.61 Å². The van der Waals surface area contributed by atoms with Crippen LogP contribution in [0.15, 0.2) is 23.4 Å². The number of nitrogens with zero attached hydrogens (tertiary/aromatic N) is 1. The third-order valence-corrected chi connectivity index (χ3v) is 1.74. The molecule has 1 aliphatic rings. The fourth-order valence-corrected chi connectivity index (χ4v) is 1.16. The molecule has 0 saturated carbocycles. The predicted molar refractivity (Wildman–Crippen MR) is 40.2 cm³/mol. The van der Waals surface area contributed by atoms with Gasteiger partial charge in [-0.15, -0.1) is 0 Å². The zero-order valence-corrected chi connectivity index (χ0v) is 6.12. The standard InChI is InChI=1S/C8H6FNO2/c9-5-1-2-8-6(3-5)7(10-11)4-12-8/h1-3,11H,4H2/b10-7+. The molecule has 0 unspecified atom stereocenters. The molecule has 0 aliphatic carbocycles. The van der Waals surface area contributed by atoms with E-state index in [1.165, 1.54) is 18.2 Å². The molecule has 62 valence electrons. The van der Waals surface area contributed by atoms with Crippen LogP contribution >= 0.6 is 0 Å². The van der Waals surface area contributed by atoms with Gasteiger partial charge in [0.1, 0.15) is 23.9 Å². The molecule has 2 rings (SSSR count). The van der Waals surface area contributed by atoms with E-state index in [0.29, 0.717) is 17.0 Å². The van der Waals surface area contributed by atoms with Crippen LogP contribution in [0.5, 0.6) is 5.75 Å². The minimum Gasteiger partial charge on any atom is -0.486 e. The summed E-state index contributed by atoms with van der Waals surface area (Å²) in [5, 5.41) is 11.5. The number of fused-ring (bicyclic) bond motifs is 1. The topological polar surface area (TPSA) is 41.8 Å². The minimum atomic E-state index is -0.361. The zero-order chi connectivity index (χ0) is 8.55. The number of ether oxygens (including phenoxy) is 1. The van der Waals surface area contributed by atoms with Crippen LogP contribution in [-0.2, 0) is 0 Å². The molecular formula is C8H6FNO2. The van der Waals surface area contributed by atoms with E-state index < -0.39 is 0 Å². The molecular weight excluding hydrogens is 161 g/mol. The van der Waals surface area contributed by atoms with Crippen LogP contribution in [0.3, 0.4) is 0 Å². The second-order valence-corrected chi connectivity index (χ2v) is 2.48. The van der Waals surface area contributed by atoms with Gasteiger partial charge in [0.15, 0.2) is 0 Å². The van der Waals surface area contributed by atoms with Gasteiger partial charge in [-0.1, -0.05) is 5.16 Å². The highest BCUT2D eigenvalue weighted by Crippen LogP contribution is 2.25. The first kappa shape index (κ1) is 7.09. The van der Waals surface area contributed by atoms with Crippen molar-refractivity contribution in [3.63, 3.8) is 0 Å². The van der Waals surface area contributed by atoms with Gasteiger partial charge >= 0.3 is 0 Å². The lowest BCUT2D eigenvalue weighted by Gasteiger charge is -1.95. The largest absolute Gasteiger partial charge is 0.486 e. The van der Waals surface area contributed by atoms with Gasteiger partial charge < -0.3 is 9.94 Å². The van der Waals surface area contributed by atoms with Crippen molar-refractivity contribution in [1.29, 1.82) is 0 Å². The van der Waals surface area contributed by atoms with Gasteiger partial charge in [-0.2, -0.15) is 0 Å². The smallest absolute Gasteiger partial charge is 0.134 e. The Bertz CT molecular complexity index is 349. The van der Waals surface area contributed by atoms with E-state index in [9.17, 15) is 4.39 Å². The summed E-state index contributed by atoms with van der Waals surface area (Å²) >= 11 is 0. The number of rotatable bonds is 0. The van der Waals surface area contributed by atoms with Crippen molar-refractivity contribution < 1.29 is 14.3 Å². The van der Waals surface area contributed by atoms with Crippen molar-refractivity contribution in [2.45, 2.75) is 0 Å². The van der Waals surface area contributed by atoms with Crippen LogP contribution in [0.25, 0.3) is 0 Å². The third-order valence-electron chi connectivity index (χ3n) is 1.74. The Kier molecular flexibility index (Phi) is 1.46. The molecule has 0 amide bonds. The fraction of sp³-hybridized carbons (Fsp3) is 0.125. The highest BCUT2D eigenvalue weighted by Gasteiger charge is 2.19. The maximum Gasteiger partial charge on any atom is 0.134 e.